The van der Waals surface area contributed by atoms with Gasteiger partial charge in [0.05, 0.1) is 25.6 Å². The molecule has 1 aliphatic heterocycles. The smallest absolute Gasteiger partial charge is 0.275 e. The summed E-state index contributed by atoms with van der Waals surface area (Å²) < 4.78 is 12.3. The van der Waals surface area contributed by atoms with Crippen LogP contribution in [0.15, 0.2) is 58.7 Å². The number of carbonyl (C=O) groups excluding carboxylic acids is 1. The molecule has 168 valence electrons. The number of aryl methyl sites for hydroxylation is 1. The van der Waals surface area contributed by atoms with E-state index in [0.717, 1.165) is 16.0 Å². The van der Waals surface area contributed by atoms with Crippen molar-refractivity contribution in [3.63, 3.8) is 0 Å². The van der Waals surface area contributed by atoms with Crippen molar-refractivity contribution >= 4 is 28.0 Å². The maximum absolute atomic E-state index is 14.0. The lowest BCUT2D eigenvalue weighted by atomic mass is 9.90. The van der Waals surface area contributed by atoms with Crippen LogP contribution in [0.1, 0.15) is 32.5 Å². The number of carbonyl (C=O) groups is 1. The number of thiophene rings is 1. The molecule has 7 nitrogen and oxygen atoms in total. The molecule has 0 spiro atoms. The molecule has 4 aromatic rings. The van der Waals surface area contributed by atoms with E-state index in [4.69, 9.17) is 9.47 Å². The van der Waals surface area contributed by atoms with Gasteiger partial charge in [-0.1, -0.05) is 24.3 Å². The molecule has 2 aromatic carbocycles. The Hall–Kier alpha value is -3.65. The van der Waals surface area contributed by atoms with Crippen molar-refractivity contribution in [3.05, 3.63) is 86.0 Å². The molecule has 1 atom stereocenters. The first-order valence-electron chi connectivity index (χ1n) is 10.6. The maximum Gasteiger partial charge on any atom is 0.275 e. The largest absolute Gasteiger partial charge is 0.493 e. The van der Waals surface area contributed by atoms with E-state index in [0.29, 0.717) is 35.2 Å². The number of methoxy groups -OCH3 is 2. The monoisotopic (exact) mass is 461 g/mol. The molecule has 2 aromatic heterocycles. The van der Waals surface area contributed by atoms with E-state index in [2.05, 4.69) is 5.10 Å². The molecule has 0 unspecified atom stereocenters. The highest BCUT2D eigenvalue weighted by molar-refractivity contribution is 7.10. The van der Waals surface area contributed by atoms with E-state index in [1.54, 1.807) is 50.8 Å². The molecule has 0 aliphatic carbocycles. The van der Waals surface area contributed by atoms with E-state index in [1.807, 2.05) is 40.6 Å². The summed E-state index contributed by atoms with van der Waals surface area (Å²) in [5.74, 6) is 1.09. The third-order valence-electron chi connectivity index (χ3n) is 6.11. The molecular weight excluding hydrogens is 438 g/mol. The number of amides is 1. The Balaban J connectivity index is 1.68. The van der Waals surface area contributed by atoms with Crippen molar-refractivity contribution in [1.82, 2.24) is 14.7 Å². The fraction of sp³-hybridized carbons (Fsp3) is 0.240. The second-order valence-electron chi connectivity index (χ2n) is 7.90. The number of ether oxygens (including phenoxy) is 2. The molecule has 0 bridgehead atoms. The first-order valence-corrected chi connectivity index (χ1v) is 11.5. The Morgan fingerprint density at radius 2 is 1.79 bits per heavy atom. The van der Waals surface area contributed by atoms with Crippen LogP contribution in [-0.4, -0.2) is 41.4 Å². The minimum absolute atomic E-state index is 0.208. The van der Waals surface area contributed by atoms with Gasteiger partial charge >= 0.3 is 0 Å². The average Bonchev–Trinajstić information content (AvgIpc) is 3.38. The number of rotatable bonds is 4. The van der Waals surface area contributed by atoms with Crippen molar-refractivity contribution < 1.29 is 14.3 Å². The first kappa shape index (κ1) is 21.2. The van der Waals surface area contributed by atoms with Gasteiger partial charge in [-0.15, -0.1) is 11.3 Å². The topological polar surface area (TPSA) is 73.7 Å². The van der Waals surface area contributed by atoms with Gasteiger partial charge in [-0.3, -0.25) is 9.59 Å². The molecule has 0 fully saturated rings. The van der Waals surface area contributed by atoms with Crippen LogP contribution in [0, 0.1) is 0 Å². The van der Waals surface area contributed by atoms with Crippen molar-refractivity contribution in [1.29, 1.82) is 0 Å². The van der Waals surface area contributed by atoms with Gasteiger partial charge in [-0.25, -0.2) is 4.68 Å². The van der Waals surface area contributed by atoms with Crippen LogP contribution in [-0.2, 0) is 13.5 Å². The summed E-state index contributed by atoms with van der Waals surface area (Å²) in [5.41, 5.74) is 2.17. The predicted octanol–water partition coefficient (Wildman–Crippen LogP) is 3.80. The minimum atomic E-state index is -0.293. The molecule has 0 N–H and O–H groups in total. The Morgan fingerprint density at radius 1 is 1.06 bits per heavy atom. The SMILES string of the molecule is COc1cc2c(cc1OC)[C@H](c1cccs1)N(C(=O)c1nn(C)c(=O)c3ccccc13)CC2. The second-order valence-corrected chi connectivity index (χ2v) is 8.87. The van der Waals surface area contributed by atoms with Crippen LogP contribution in [0.3, 0.4) is 0 Å². The standard InChI is InChI=1S/C25H23N3O4S/c1-27-24(29)17-8-5-4-7-16(17)22(26-27)25(30)28-11-10-15-13-19(31-2)20(32-3)14-18(15)23(28)21-9-6-12-33-21/h4-9,12-14,23H,10-11H2,1-3H3/t23-/m1/s1. The van der Waals surface area contributed by atoms with Crippen LogP contribution >= 0.6 is 11.3 Å². The van der Waals surface area contributed by atoms with Crippen LogP contribution in [0.2, 0.25) is 0 Å². The van der Waals surface area contributed by atoms with Gasteiger partial charge in [-0.2, -0.15) is 5.10 Å². The molecule has 0 saturated heterocycles. The molecule has 3 heterocycles. The summed E-state index contributed by atoms with van der Waals surface area (Å²) in [7, 11) is 4.80. The Labute approximate surface area is 194 Å². The molecule has 0 saturated carbocycles. The predicted molar refractivity (Wildman–Crippen MR) is 127 cm³/mol. The summed E-state index contributed by atoms with van der Waals surface area (Å²) in [6.45, 7) is 0.517. The number of nitrogens with zero attached hydrogens (tertiary/aromatic N) is 3. The third kappa shape index (κ3) is 3.47. The first-order chi connectivity index (χ1) is 16.0. The molecule has 5 rings (SSSR count). The van der Waals surface area contributed by atoms with Crippen molar-refractivity contribution in [2.45, 2.75) is 12.5 Å². The van der Waals surface area contributed by atoms with Gasteiger partial charge in [0.25, 0.3) is 11.5 Å². The summed E-state index contributed by atoms with van der Waals surface area (Å²) in [6.07, 6.45) is 0.674. The van der Waals surface area contributed by atoms with E-state index in [-0.39, 0.29) is 23.2 Å². The van der Waals surface area contributed by atoms with Gasteiger partial charge in [0.15, 0.2) is 17.2 Å². The van der Waals surface area contributed by atoms with Gasteiger partial charge < -0.3 is 14.4 Å². The minimum Gasteiger partial charge on any atom is -0.493 e. The number of fused-ring (bicyclic) bond motifs is 2. The van der Waals surface area contributed by atoms with Gasteiger partial charge in [0, 0.05) is 23.9 Å². The average molecular weight is 462 g/mol. The molecular formula is C25H23N3O4S. The summed E-state index contributed by atoms with van der Waals surface area (Å²) >= 11 is 1.60. The van der Waals surface area contributed by atoms with Crippen LogP contribution in [0.5, 0.6) is 11.5 Å². The quantitative estimate of drug-likeness (QED) is 0.462. The summed E-state index contributed by atoms with van der Waals surface area (Å²) in [5, 5.41) is 7.43. The molecule has 0 radical (unpaired) electrons. The van der Waals surface area contributed by atoms with E-state index in [1.165, 1.54) is 4.68 Å². The second kappa shape index (κ2) is 8.37. The van der Waals surface area contributed by atoms with E-state index in [9.17, 15) is 9.59 Å². The summed E-state index contributed by atoms with van der Waals surface area (Å²) in [4.78, 5) is 29.4. The van der Waals surface area contributed by atoms with E-state index < -0.39 is 0 Å². The number of hydrogen-bond acceptors (Lipinski definition) is 6. The number of aromatic nitrogens is 2. The van der Waals surface area contributed by atoms with E-state index >= 15 is 0 Å². The van der Waals surface area contributed by atoms with Crippen molar-refractivity contribution in [2.24, 2.45) is 7.05 Å². The Bertz CT molecular complexity index is 1410. The maximum atomic E-state index is 14.0. The zero-order valence-electron chi connectivity index (χ0n) is 18.6. The van der Waals surface area contributed by atoms with Gasteiger partial charge in [-0.05, 0) is 47.2 Å². The third-order valence-corrected chi connectivity index (χ3v) is 7.03. The fourth-order valence-corrected chi connectivity index (χ4v) is 5.37. The zero-order chi connectivity index (χ0) is 23.1. The Morgan fingerprint density at radius 3 is 2.48 bits per heavy atom. The highest BCUT2D eigenvalue weighted by atomic mass is 32.1. The molecule has 1 amide bonds. The normalized spacial score (nSPS) is 15.4. The van der Waals surface area contributed by atoms with Gasteiger partial charge in [0.1, 0.15) is 0 Å². The number of hydrogen-bond donors (Lipinski definition) is 0. The zero-order valence-corrected chi connectivity index (χ0v) is 19.4. The lowest BCUT2D eigenvalue weighted by Gasteiger charge is -2.37. The molecule has 8 heteroatoms. The van der Waals surface area contributed by atoms with Crippen LogP contribution in [0.4, 0.5) is 0 Å². The summed E-state index contributed by atoms with van der Waals surface area (Å²) in [6, 6.07) is 14.8. The highest BCUT2D eigenvalue weighted by Gasteiger charge is 2.35. The fourth-order valence-electron chi connectivity index (χ4n) is 4.51. The Kier molecular flexibility index (Phi) is 5.38. The molecule has 1 aliphatic rings. The van der Waals surface area contributed by atoms with Crippen molar-refractivity contribution in [2.75, 3.05) is 20.8 Å². The molecule has 33 heavy (non-hydrogen) atoms. The lowest BCUT2D eigenvalue weighted by Crippen LogP contribution is -2.41. The lowest BCUT2D eigenvalue weighted by molar-refractivity contribution is 0.0690. The van der Waals surface area contributed by atoms with Gasteiger partial charge in [0.2, 0.25) is 0 Å². The van der Waals surface area contributed by atoms with Crippen molar-refractivity contribution in [3.8, 4) is 11.5 Å². The highest BCUT2D eigenvalue weighted by Crippen LogP contribution is 2.42. The number of benzene rings is 2. The van der Waals surface area contributed by atoms with Crippen LogP contribution in [0.25, 0.3) is 10.8 Å². The van der Waals surface area contributed by atoms with Crippen LogP contribution < -0.4 is 15.0 Å².